The van der Waals surface area contributed by atoms with Crippen LogP contribution < -0.4 is 61.5 Å². The molecule has 0 radical (unpaired) electrons. The van der Waals surface area contributed by atoms with Crippen molar-refractivity contribution in [2.24, 2.45) is 17.5 Å². The number of aromatic nitrogens is 8. The molecule has 29 nitrogen and oxygen atoms in total. The minimum Gasteiger partial charge on any atom is -0.479 e. The van der Waals surface area contributed by atoms with Gasteiger partial charge in [0.15, 0.2) is 24.4 Å². The first kappa shape index (κ1) is 109. The van der Waals surface area contributed by atoms with Crippen molar-refractivity contribution in [3.63, 3.8) is 0 Å². The number of hydrogen-bond donors (Lipinski definition) is 8. The Bertz CT molecular complexity index is 7500. The first-order chi connectivity index (χ1) is 67.6. The van der Waals surface area contributed by atoms with Crippen molar-refractivity contribution >= 4 is 197 Å². The maximum absolute atomic E-state index is 15.2. The summed E-state index contributed by atoms with van der Waals surface area (Å²) in [4.78, 5) is 82.1. The Balaban J connectivity index is 0.000000171. The van der Waals surface area contributed by atoms with Crippen LogP contribution in [0.25, 0.3) is 43.6 Å². The maximum Gasteiger partial charge on any atom is 0.408 e. The molecule has 8 N–H and O–H groups in total. The van der Waals surface area contributed by atoms with E-state index in [1.807, 2.05) is 43.0 Å². The smallest absolute Gasteiger partial charge is 0.408 e. The monoisotopic (exact) mass is 2090 g/mol. The first-order valence-corrected chi connectivity index (χ1v) is 52.6. The van der Waals surface area contributed by atoms with Crippen LogP contribution in [0.4, 0.5) is 139 Å². The fourth-order valence-corrected chi connectivity index (χ4v) is 19.5. The zero-order valence-electron chi connectivity index (χ0n) is 78.6. The average Bonchev–Trinajstić information content (AvgIpc) is 0.790. The normalized spacial score (nSPS) is 15.4. The molecule has 3 saturated heterocycles. The Morgan fingerprint density at radius 3 is 0.972 bits per heavy atom. The van der Waals surface area contributed by atoms with E-state index in [0.717, 1.165) is 115 Å². The molecule has 0 aliphatic carbocycles. The summed E-state index contributed by atoms with van der Waals surface area (Å²) in [5.74, 6) is 14.2. The molecule has 0 bridgehead atoms. The zero-order valence-corrected chi connectivity index (χ0v) is 81.8. The van der Waals surface area contributed by atoms with Crippen LogP contribution in [0.3, 0.4) is 0 Å². The molecular weight excluding hydrogens is 2000 g/mol. The van der Waals surface area contributed by atoms with Gasteiger partial charge in [0.25, 0.3) is 23.6 Å². The predicted molar refractivity (Wildman–Crippen MR) is 533 cm³/mol. The molecule has 3 aliphatic heterocycles. The molecule has 12 aromatic rings. The standard InChI is InChI=1S/C25H27F4N5O2S.C24H24F2N6O2S.C23H22F5N5O2S.C23H24F5N5O2S/c1-14-10-18(34-37(4)8-5-9-37)12-20-22(14)23(31-13-30-20)33-19-7-6-17(26)11-21(19)36-15(2)24(35)32-16(3)25(27,28)29;1-14(12-27)30-24(33)15(2)34-21-9-16(25)5-6-19(21)31-23-22-18(26)10-17(11-20(22)28-13-29-23)32-35(3)7-4-8-35;1-13(22(34)29-11-23(26,27)28)35-19-8-14(24)4-5-17(19)32-21-20-16(25)9-15(10-18(20)30-12-31-21)33-36(2)6-3-7-36;1-12(22(34)31-13(2)23(26,27)28)35-19-8-14(24)6-7-17(19)32-21-20-16(25)9-15(33-36(3,4)5)10-18(20)29-11-30-21/h6-7,10-13,15-16H,4-5,8-9H2,1-3H3,(H,32,35)(H,30,31,33);5-6,9-11,13-15H,3-4,7-8H2,1-2H3,(H,30,33)(H,28,29,31);4-5,8-10,12-13H,2-3,6-7,11H2,1H3,(H,29,34)(H,30,31,32);6-13H,3H2,1-2,4-5H3,(H,31,34)(H,29,30,32)/t15-,16+;14-,15+;13-;12-,13+/m1011/s1. The van der Waals surface area contributed by atoms with Gasteiger partial charge in [-0.1, -0.05) is 23.5 Å². The number of anilines is 8. The Morgan fingerprint density at radius 2 is 0.688 bits per heavy atom. The van der Waals surface area contributed by atoms with Gasteiger partial charge in [0.05, 0.1) is 89.8 Å². The van der Waals surface area contributed by atoms with Gasteiger partial charge < -0.3 is 61.5 Å². The third-order valence-corrected chi connectivity index (χ3v) is 30.3. The quantitative estimate of drug-likeness (QED) is 0.0167. The molecule has 15 rings (SSSR count). The van der Waals surface area contributed by atoms with Crippen LogP contribution in [0.1, 0.15) is 73.3 Å². The van der Waals surface area contributed by atoms with Crippen LogP contribution in [0.5, 0.6) is 23.0 Å². The predicted octanol–water partition coefficient (Wildman–Crippen LogP) is 19.8. The Morgan fingerprint density at radius 1 is 0.410 bits per heavy atom. The topological polar surface area (TPSA) is 378 Å². The van der Waals surface area contributed by atoms with Gasteiger partial charge in [0.2, 0.25) is 0 Å². The molecular formula is C95H97F16N21O8S4. The van der Waals surface area contributed by atoms with E-state index in [9.17, 15) is 76.3 Å². The van der Waals surface area contributed by atoms with Crippen LogP contribution in [0, 0.1) is 59.0 Å². The van der Waals surface area contributed by atoms with E-state index >= 15 is 13.2 Å². The highest BCUT2D eigenvalue weighted by Crippen LogP contribution is 2.42. The molecule has 3 aliphatic rings. The summed E-state index contributed by atoms with van der Waals surface area (Å²) in [6, 6.07) is 23.4. The maximum atomic E-state index is 15.2. The van der Waals surface area contributed by atoms with E-state index in [-0.39, 0.29) is 90.4 Å². The molecule has 0 saturated carbocycles. The molecule has 3 fully saturated rings. The van der Waals surface area contributed by atoms with Crippen molar-refractivity contribution < 1.29 is 108 Å². The minimum absolute atomic E-state index is 0.0173. The van der Waals surface area contributed by atoms with Crippen molar-refractivity contribution in [1.82, 2.24) is 61.1 Å². The van der Waals surface area contributed by atoms with Gasteiger partial charge in [0.1, 0.15) is 137 Å². The number of fused-ring (bicyclic) bond motifs is 4. The Labute approximate surface area is 817 Å². The van der Waals surface area contributed by atoms with Crippen LogP contribution in [0.15, 0.2) is 164 Å². The number of carbonyl (C=O) groups excluding carboxylic acids is 4. The number of benzene rings is 8. The van der Waals surface area contributed by atoms with Crippen molar-refractivity contribution in [3.05, 3.63) is 193 Å². The third kappa shape index (κ3) is 29.1. The summed E-state index contributed by atoms with van der Waals surface area (Å²) in [5, 5.41) is 29.3. The van der Waals surface area contributed by atoms with E-state index < -0.39 is 170 Å². The number of carbonyl (C=O) groups is 4. The van der Waals surface area contributed by atoms with E-state index in [1.165, 1.54) is 115 Å². The zero-order chi connectivity index (χ0) is 105. The highest BCUT2D eigenvalue weighted by molar-refractivity contribution is 8.04. The van der Waals surface area contributed by atoms with Crippen molar-refractivity contribution in [3.8, 4) is 29.1 Å². The number of nitrogens with zero attached hydrogens (tertiary/aromatic N) is 13. The van der Waals surface area contributed by atoms with E-state index in [4.69, 9.17) is 28.6 Å². The minimum atomic E-state index is -4.64. The number of nitriles is 1. The SMILES string of the molecule is C=S(C)(C)=Nc1cc(F)c2c(Nc3ccc(F)cc3O[C@H](C)C(=O)N[C@@H](C)C(F)(F)F)ncnc2c1.C=S1(=Nc2cc(C)c3c(Nc4ccc(F)cc4O[C@H](C)C(=O)N[C@@H](C)C(F)(F)F)ncnc3c2)CCC1.C=S1(=Nc2cc(F)c3c(Nc4ccc(F)cc4O[C@H](C)C(=O)NCC(F)(F)F)ncnc3c2)CCC1.C=S1(=Nc2cc(F)c3c(Nc4ccc(F)cc4O[C@H](C)C(=O)N[C@@H](C)C#N)ncnc3c2)CCC1. The lowest BCUT2D eigenvalue weighted by Crippen LogP contribution is -2.47. The second-order valence-electron chi connectivity index (χ2n) is 34.0. The first-order valence-electron chi connectivity index (χ1n) is 43.7. The summed E-state index contributed by atoms with van der Waals surface area (Å²) >= 11 is 0. The second-order valence-corrected chi connectivity index (χ2v) is 46.1. The average molecular weight is 2090 g/mol. The number of ether oxygens (including phenoxy) is 4. The second kappa shape index (κ2) is 45.2. The lowest BCUT2D eigenvalue weighted by molar-refractivity contribution is -0.160. The third-order valence-electron chi connectivity index (χ3n) is 21.5. The molecule has 4 amide bonds. The van der Waals surface area contributed by atoms with Gasteiger partial charge in [-0.2, -0.15) is 44.8 Å². The molecule has 766 valence electrons. The van der Waals surface area contributed by atoms with Crippen molar-refractivity contribution in [2.75, 3.05) is 74.8 Å². The fourth-order valence-electron chi connectivity index (χ4n) is 13.8. The van der Waals surface area contributed by atoms with Gasteiger partial charge in [-0.15, -0.1) is 37.7 Å². The number of amides is 4. The molecule has 7 atom stereocenters. The van der Waals surface area contributed by atoms with E-state index in [1.54, 1.807) is 28.8 Å². The number of rotatable bonds is 28. The highest BCUT2D eigenvalue weighted by atomic mass is 32.2. The lowest BCUT2D eigenvalue weighted by atomic mass is 10.1. The largest absolute Gasteiger partial charge is 0.479 e. The van der Waals surface area contributed by atoms with E-state index in [0.29, 0.717) is 39.3 Å². The molecule has 7 heterocycles. The van der Waals surface area contributed by atoms with E-state index in [2.05, 4.69) is 103 Å². The number of hydrogen-bond acceptors (Lipinski definition) is 25. The van der Waals surface area contributed by atoms with Crippen molar-refractivity contribution in [1.29, 1.82) is 5.26 Å². The van der Waals surface area contributed by atoms with Gasteiger partial charge in [-0.3, -0.25) is 19.2 Å². The Kier molecular flexibility index (Phi) is 34.1. The van der Waals surface area contributed by atoms with Gasteiger partial charge in [-0.05, 0) is 206 Å². The van der Waals surface area contributed by atoms with Crippen molar-refractivity contribution in [2.45, 2.75) is 136 Å². The molecule has 4 aromatic heterocycles. The summed E-state index contributed by atoms with van der Waals surface area (Å²) < 4.78 is 256. The van der Waals surface area contributed by atoms with Crippen LogP contribution in [-0.2, 0) is 56.8 Å². The fraction of sp³-hybridized carbons (Fsp3) is 0.316. The summed E-state index contributed by atoms with van der Waals surface area (Å²) in [6.45, 7) is 8.67. The number of halogens is 16. The molecule has 144 heavy (non-hydrogen) atoms. The number of aryl methyl sites for hydroxylation is 1. The van der Waals surface area contributed by atoms with Crippen LogP contribution >= 0.6 is 0 Å². The molecule has 49 heteroatoms. The highest BCUT2D eigenvalue weighted by Gasteiger charge is 2.40. The van der Waals surface area contributed by atoms with Gasteiger partial charge in [-0.25, -0.2) is 88.1 Å². The molecule has 0 unspecified atom stereocenters. The summed E-state index contributed by atoms with van der Waals surface area (Å²) in [7, 11) is -5.48. The lowest BCUT2D eigenvalue weighted by Gasteiger charge is -2.24. The Hall–Kier alpha value is -14.2. The van der Waals surface area contributed by atoms with Gasteiger partial charge >= 0.3 is 18.5 Å². The molecule has 8 aromatic carbocycles. The summed E-state index contributed by atoms with van der Waals surface area (Å²) in [6.07, 6.45) is -7.01. The van der Waals surface area contributed by atoms with Crippen LogP contribution in [-0.4, -0.2) is 202 Å². The number of nitrogens with one attached hydrogen (secondary N) is 8. The van der Waals surface area contributed by atoms with Gasteiger partial charge in [0, 0.05) is 47.9 Å². The number of alkyl halides is 9. The molecule has 0 spiro atoms. The summed E-state index contributed by atoms with van der Waals surface area (Å²) in [5.41, 5.74) is 5.20. The van der Waals surface area contributed by atoms with Crippen LogP contribution in [0.2, 0.25) is 0 Å².